The van der Waals surface area contributed by atoms with Crippen molar-refractivity contribution < 1.29 is 9.72 Å². The van der Waals surface area contributed by atoms with Crippen molar-refractivity contribution in [2.45, 2.75) is 32.2 Å². The third-order valence-corrected chi connectivity index (χ3v) is 6.31. The molecule has 0 unspecified atom stereocenters. The van der Waals surface area contributed by atoms with Crippen LogP contribution in [0.2, 0.25) is 0 Å². The minimum absolute atomic E-state index is 0.132. The fourth-order valence-electron chi connectivity index (χ4n) is 4.14. The number of nitrogens with two attached hydrogens (primary N) is 1. The van der Waals surface area contributed by atoms with Gasteiger partial charge in [-0.2, -0.15) is 4.98 Å². The second kappa shape index (κ2) is 13.0. The van der Waals surface area contributed by atoms with Gasteiger partial charge in [-0.3, -0.25) is 14.9 Å². The van der Waals surface area contributed by atoms with Crippen molar-refractivity contribution in [3.63, 3.8) is 0 Å². The molecule has 0 spiro atoms. The maximum atomic E-state index is 12.4. The monoisotopic (exact) mass is 484 g/mol. The molecule has 1 aliphatic rings. The van der Waals surface area contributed by atoms with Crippen LogP contribution in [-0.2, 0) is 6.54 Å². The van der Waals surface area contributed by atoms with Crippen LogP contribution in [0.15, 0.2) is 30.5 Å². The van der Waals surface area contributed by atoms with Crippen LogP contribution in [-0.4, -0.2) is 66.0 Å². The fraction of sp³-hybridized carbons (Fsp3) is 0.542. The molecule has 1 heterocycles. The molecule has 1 amide bonds. The quantitative estimate of drug-likeness (QED) is 0.263. The van der Waals surface area contributed by atoms with Gasteiger partial charge in [0.05, 0.1) is 4.92 Å². The predicted octanol–water partition coefficient (Wildman–Crippen LogP) is 2.47. The van der Waals surface area contributed by atoms with Crippen molar-refractivity contribution in [3.05, 3.63) is 51.7 Å². The van der Waals surface area contributed by atoms with Gasteiger partial charge in [0.1, 0.15) is 6.20 Å². The molecule has 0 radical (unpaired) electrons. The van der Waals surface area contributed by atoms with Crippen LogP contribution in [0.3, 0.4) is 0 Å². The summed E-state index contributed by atoms with van der Waals surface area (Å²) >= 11 is 0. The van der Waals surface area contributed by atoms with Gasteiger partial charge >= 0.3 is 5.69 Å². The highest BCUT2D eigenvalue weighted by Gasteiger charge is 2.22. The Kier molecular flexibility index (Phi) is 9.74. The Balaban J connectivity index is 1.59. The number of rotatable bonds is 12. The SMILES string of the molecule is CN(C)CCNC(=O)c1cccc(CNc2ncc([N+](=O)[O-])c(NCC3CCC(CN)CC3)n2)c1. The highest BCUT2D eigenvalue weighted by molar-refractivity contribution is 5.94. The summed E-state index contributed by atoms with van der Waals surface area (Å²) in [6.07, 6.45) is 5.51. The molecule has 3 rings (SSSR count). The van der Waals surface area contributed by atoms with Crippen LogP contribution < -0.4 is 21.7 Å². The third-order valence-electron chi connectivity index (χ3n) is 6.31. The van der Waals surface area contributed by atoms with Gasteiger partial charge in [-0.25, -0.2) is 4.98 Å². The van der Waals surface area contributed by atoms with Crippen LogP contribution in [0.25, 0.3) is 0 Å². The van der Waals surface area contributed by atoms with Crippen molar-refractivity contribution in [3.8, 4) is 0 Å². The van der Waals surface area contributed by atoms with Gasteiger partial charge < -0.3 is 26.6 Å². The molecule has 0 bridgehead atoms. The summed E-state index contributed by atoms with van der Waals surface area (Å²) in [5.74, 6) is 1.38. The van der Waals surface area contributed by atoms with Crippen molar-refractivity contribution in [2.75, 3.05) is 50.9 Å². The molecule has 190 valence electrons. The number of hydrogen-bond donors (Lipinski definition) is 4. The molecule has 1 fully saturated rings. The predicted molar refractivity (Wildman–Crippen MR) is 136 cm³/mol. The molecule has 1 aromatic heterocycles. The van der Waals surface area contributed by atoms with Crippen molar-refractivity contribution in [1.82, 2.24) is 20.2 Å². The molecule has 1 aliphatic carbocycles. The lowest BCUT2D eigenvalue weighted by atomic mass is 9.82. The molecule has 1 aromatic carbocycles. The zero-order valence-corrected chi connectivity index (χ0v) is 20.5. The highest BCUT2D eigenvalue weighted by atomic mass is 16.6. The average molecular weight is 485 g/mol. The first-order valence-electron chi connectivity index (χ1n) is 12.1. The van der Waals surface area contributed by atoms with Crippen LogP contribution in [0.1, 0.15) is 41.6 Å². The van der Waals surface area contributed by atoms with Crippen LogP contribution in [0.5, 0.6) is 0 Å². The molecule has 11 nitrogen and oxygen atoms in total. The molecular formula is C24H36N8O3. The number of benzene rings is 1. The number of likely N-dealkylation sites (N-methyl/N-ethyl adjacent to an activating group) is 1. The third kappa shape index (κ3) is 8.15. The maximum Gasteiger partial charge on any atom is 0.329 e. The molecular weight excluding hydrogens is 448 g/mol. The number of nitro groups is 1. The maximum absolute atomic E-state index is 12.4. The molecule has 0 saturated heterocycles. The summed E-state index contributed by atoms with van der Waals surface area (Å²) in [5, 5.41) is 20.6. The molecule has 35 heavy (non-hydrogen) atoms. The number of hydrogen-bond acceptors (Lipinski definition) is 9. The summed E-state index contributed by atoms with van der Waals surface area (Å²) in [5.41, 5.74) is 7.06. The Morgan fingerprint density at radius 1 is 1.20 bits per heavy atom. The molecule has 1 saturated carbocycles. The van der Waals surface area contributed by atoms with E-state index in [1.165, 1.54) is 6.20 Å². The van der Waals surface area contributed by atoms with E-state index in [-0.39, 0.29) is 23.4 Å². The minimum Gasteiger partial charge on any atom is -0.364 e. The van der Waals surface area contributed by atoms with Crippen LogP contribution in [0.4, 0.5) is 17.5 Å². The number of carbonyl (C=O) groups excluding carboxylic acids is 1. The van der Waals surface area contributed by atoms with Gasteiger partial charge in [-0.1, -0.05) is 12.1 Å². The summed E-state index contributed by atoms with van der Waals surface area (Å²) < 4.78 is 0. The van der Waals surface area contributed by atoms with E-state index in [4.69, 9.17) is 5.73 Å². The molecule has 0 atom stereocenters. The Labute approximate surface area is 206 Å². The van der Waals surface area contributed by atoms with Crippen LogP contribution in [0, 0.1) is 22.0 Å². The first kappa shape index (κ1) is 26.3. The Morgan fingerprint density at radius 3 is 2.63 bits per heavy atom. The number of aromatic nitrogens is 2. The average Bonchev–Trinajstić information content (AvgIpc) is 2.86. The van der Waals surface area contributed by atoms with E-state index in [0.29, 0.717) is 37.0 Å². The van der Waals surface area contributed by atoms with Crippen LogP contribution >= 0.6 is 0 Å². The Bertz CT molecular complexity index is 992. The van der Waals surface area contributed by atoms with Gasteiger partial charge in [0.2, 0.25) is 11.8 Å². The number of anilines is 2. The van der Waals surface area contributed by atoms with Gasteiger partial charge in [0, 0.05) is 31.7 Å². The lowest BCUT2D eigenvalue weighted by molar-refractivity contribution is -0.384. The van der Waals surface area contributed by atoms with Gasteiger partial charge in [-0.15, -0.1) is 0 Å². The summed E-state index contributed by atoms with van der Waals surface area (Å²) in [6.45, 7) is 3.04. The zero-order valence-electron chi connectivity index (χ0n) is 20.5. The van der Waals surface area contributed by atoms with Crippen molar-refractivity contribution in [2.24, 2.45) is 17.6 Å². The number of carbonyl (C=O) groups is 1. The lowest BCUT2D eigenvalue weighted by Gasteiger charge is -2.27. The van der Waals surface area contributed by atoms with E-state index in [9.17, 15) is 14.9 Å². The van der Waals surface area contributed by atoms with Gasteiger partial charge in [0.15, 0.2) is 0 Å². The second-order valence-electron chi connectivity index (χ2n) is 9.30. The van der Waals surface area contributed by atoms with E-state index < -0.39 is 4.92 Å². The number of nitrogens with zero attached hydrogens (tertiary/aromatic N) is 4. The van der Waals surface area contributed by atoms with Gasteiger partial charge in [-0.05, 0) is 75.9 Å². The lowest BCUT2D eigenvalue weighted by Crippen LogP contribution is -2.31. The summed E-state index contributed by atoms with van der Waals surface area (Å²) in [7, 11) is 3.90. The Morgan fingerprint density at radius 2 is 1.94 bits per heavy atom. The molecule has 0 aliphatic heterocycles. The van der Waals surface area contributed by atoms with Gasteiger partial charge in [0.25, 0.3) is 5.91 Å². The topological polar surface area (TPSA) is 151 Å². The molecule has 2 aromatic rings. The smallest absolute Gasteiger partial charge is 0.329 e. The first-order chi connectivity index (χ1) is 16.9. The fourth-order valence-corrected chi connectivity index (χ4v) is 4.14. The van der Waals surface area contributed by atoms with E-state index in [2.05, 4.69) is 25.9 Å². The standard InChI is InChI=1S/C24H36N8O3/c1-31(2)11-10-26-23(33)20-5-3-4-19(12-20)15-28-24-29-16-21(32(34)35)22(30-24)27-14-18-8-6-17(13-25)7-9-18/h3-5,12,16-18H,6-11,13-15,25H2,1-2H3,(H,26,33)(H2,27,28,29,30). The van der Waals surface area contributed by atoms with E-state index in [0.717, 1.165) is 44.3 Å². The summed E-state index contributed by atoms with van der Waals surface area (Å²) in [6, 6.07) is 7.28. The minimum atomic E-state index is -0.476. The van der Waals surface area contributed by atoms with Crippen molar-refractivity contribution >= 4 is 23.4 Å². The Hall–Kier alpha value is -3.31. The van der Waals surface area contributed by atoms with E-state index in [1.807, 2.05) is 31.1 Å². The molecule has 11 heteroatoms. The van der Waals surface area contributed by atoms with Crippen molar-refractivity contribution in [1.29, 1.82) is 0 Å². The number of amides is 1. The highest BCUT2D eigenvalue weighted by Crippen LogP contribution is 2.29. The normalized spacial score (nSPS) is 17.7. The number of nitrogens with one attached hydrogen (secondary N) is 3. The first-order valence-corrected chi connectivity index (χ1v) is 12.1. The largest absolute Gasteiger partial charge is 0.364 e. The zero-order chi connectivity index (χ0) is 25.2. The van der Waals surface area contributed by atoms with E-state index >= 15 is 0 Å². The van der Waals surface area contributed by atoms with E-state index in [1.54, 1.807) is 12.1 Å². The summed E-state index contributed by atoms with van der Waals surface area (Å²) in [4.78, 5) is 33.8. The second-order valence-corrected chi connectivity index (χ2v) is 9.30. The molecule has 5 N–H and O–H groups in total.